The highest BCUT2D eigenvalue weighted by Gasteiger charge is 2.21. The largest absolute Gasteiger partial charge is 0.494 e. The third-order valence-electron chi connectivity index (χ3n) is 2.68. The van der Waals surface area contributed by atoms with Gasteiger partial charge in [-0.15, -0.1) is 0 Å². The average molecular weight is 205 g/mol. The number of fused-ring (bicyclic) bond motifs is 1. The van der Waals surface area contributed by atoms with E-state index in [1.54, 1.807) is 4.90 Å². The molecule has 80 valence electrons. The summed E-state index contributed by atoms with van der Waals surface area (Å²) in [6, 6.07) is 5.70. The van der Waals surface area contributed by atoms with Gasteiger partial charge in [0.25, 0.3) is 5.91 Å². The fraction of sp³-hybridized carbons (Fsp3) is 0.417. The molecule has 0 unspecified atom stereocenters. The highest BCUT2D eigenvalue weighted by Crippen LogP contribution is 2.23. The fourth-order valence-electron chi connectivity index (χ4n) is 1.84. The summed E-state index contributed by atoms with van der Waals surface area (Å²) in [5, 5.41) is 0. The molecule has 0 saturated heterocycles. The van der Waals surface area contributed by atoms with Gasteiger partial charge in [0.1, 0.15) is 5.75 Å². The smallest absolute Gasteiger partial charge is 0.253 e. The molecule has 0 aromatic heterocycles. The maximum atomic E-state index is 11.8. The Hall–Kier alpha value is -1.51. The first-order valence-electron chi connectivity index (χ1n) is 5.23. The summed E-state index contributed by atoms with van der Waals surface area (Å²) in [7, 11) is 1.84. The Morgan fingerprint density at radius 3 is 3.00 bits per heavy atom. The van der Waals surface area contributed by atoms with Crippen LogP contribution in [0.4, 0.5) is 0 Å². The number of likely N-dealkylation sites (N-methyl/N-ethyl adjacent to an activating group) is 1. The number of hydrogen-bond acceptors (Lipinski definition) is 2. The maximum absolute atomic E-state index is 11.8. The van der Waals surface area contributed by atoms with Crippen LogP contribution in [0.15, 0.2) is 18.2 Å². The van der Waals surface area contributed by atoms with Gasteiger partial charge in [0.05, 0.1) is 6.61 Å². The molecule has 3 nitrogen and oxygen atoms in total. The van der Waals surface area contributed by atoms with Gasteiger partial charge < -0.3 is 9.64 Å². The molecule has 0 fully saturated rings. The van der Waals surface area contributed by atoms with Gasteiger partial charge in [-0.3, -0.25) is 4.79 Å². The molecule has 1 aliphatic rings. The Bertz CT molecular complexity index is 387. The number of amides is 1. The van der Waals surface area contributed by atoms with Crippen molar-refractivity contribution in [2.24, 2.45) is 0 Å². The number of carbonyl (C=O) groups excluding carboxylic acids is 1. The van der Waals surface area contributed by atoms with Gasteiger partial charge in [-0.2, -0.15) is 0 Å². The van der Waals surface area contributed by atoms with Crippen LogP contribution in [-0.2, 0) is 6.42 Å². The van der Waals surface area contributed by atoms with Gasteiger partial charge in [0, 0.05) is 19.2 Å². The molecular formula is C12H15NO2. The van der Waals surface area contributed by atoms with Gasteiger partial charge in [-0.1, -0.05) is 0 Å². The minimum absolute atomic E-state index is 0.110. The molecule has 0 saturated carbocycles. The lowest BCUT2D eigenvalue weighted by Gasteiger charge is -2.24. The average Bonchev–Trinajstić information content (AvgIpc) is 2.24. The number of carbonyl (C=O) groups is 1. The van der Waals surface area contributed by atoms with Crippen LogP contribution in [0.1, 0.15) is 22.8 Å². The van der Waals surface area contributed by atoms with E-state index in [1.165, 1.54) is 0 Å². The van der Waals surface area contributed by atoms with Gasteiger partial charge >= 0.3 is 0 Å². The van der Waals surface area contributed by atoms with Crippen molar-refractivity contribution < 1.29 is 9.53 Å². The first-order valence-corrected chi connectivity index (χ1v) is 5.23. The summed E-state index contributed by atoms with van der Waals surface area (Å²) in [5.41, 5.74) is 1.91. The summed E-state index contributed by atoms with van der Waals surface area (Å²) in [4.78, 5) is 13.5. The van der Waals surface area contributed by atoms with Crippen molar-refractivity contribution in [1.82, 2.24) is 4.90 Å². The summed E-state index contributed by atoms with van der Waals surface area (Å²) in [5.74, 6) is 0.966. The Morgan fingerprint density at radius 2 is 2.27 bits per heavy atom. The molecule has 15 heavy (non-hydrogen) atoms. The van der Waals surface area contributed by atoms with Crippen molar-refractivity contribution in [3.63, 3.8) is 0 Å². The molecule has 1 aromatic rings. The number of ether oxygens (including phenoxy) is 1. The molecule has 0 N–H and O–H groups in total. The van der Waals surface area contributed by atoms with Crippen molar-refractivity contribution in [3.8, 4) is 5.75 Å². The van der Waals surface area contributed by atoms with E-state index in [9.17, 15) is 4.79 Å². The second-order valence-electron chi connectivity index (χ2n) is 3.73. The number of benzene rings is 1. The molecular weight excluding hydrogens is 190 g/mol. The van der Waals surface area contributed by atoms with E-state index in [4.69, 9.17) is 4.74 Å². The molecule has 1 aliphatic heterocycles. The number of rotatable bonds is 2. The van der Waals surface area contributed by atoms with Crippen molar-refractivity contribution in [1.29, 1.82) is 0 Å². The summed E-state index contributed by atoms with van der Waals surface area (Å²) < 4.78 is 5.41. The highest BCUT2D eigenvalue weighted by molar-refractivity contribution is 5.96. The molecule has 1 aromatic carbocycles. The van der Waals surface area contributed by atoms with E-state index in [2.05, 4.69) is 0 Å². The van der Waals surface area contributed by atoms with Gasteiger partial charge in [0.2, 0.25) is 0 Å². The Kier molecular flexibility index (Phi) is 2.62. The normalized spacial score (nSPS) is 15.1. The second kappa shape index (κ2) is 3.93. The lowest BCUT2D eigenvalue weighted by atomic mass is 9.99. The van der Waals surface area contributed by atoms with Crippen LogP contribution >= 0.6 is 0 Å². The van der Waals surface area contributed by atoms with Gasteiger partial charge in [-0.25, -0.2) is 0 Å². The van der Waals surface area contributed by atoms with Crippen LogP contribution in [0, 0.1) is 0 Å². The van der Waals surface area contributed by atoms with Gasteiger partial charge in [-0.05, 0) is 37.1 Å². The molecule has 0 atom stereocenters. The van der Waals surface area contributed by atoms with E-state index in [1.807, 2.05) is 32.2 Å². The monoisotopic (exact) mass is 205 g/mol. The zero-order valence-electron chi connectivity index (χ0n) is 9.12. The van der Waals surface area contributed by atoms with E-state index in [0.717, 1.165) is 29.8 Å². The molecule has 2 rings (SSSR count). The fourth-order valence-corrected chi connectivity index (χ4v) is 1.84. The SMILES string of the molecule is CCOc1ccc2c(c1)CCN(C)C2=O. The topological polar surface area (TPSA) is 29.5 Å². The van der Waals surface area contributed by atoms with Crippen LogP contribution in [0.25, 0.3) is 0 Å². The van der Waals surface area contributed by atoms with Crippen molar-refractivity contribution >= 4 is 5.91 Å². The maximum Gasteiger partial charge on any atom is 0.253 e. The Labute approximate surface area is 89.7 Å². The van der Waals surface area contributed by atoms with Crippen molar-refractivity contribution in [2.45, 2.75) is 13.3 Å². The molecule has 0 radical (unpaired) electrons. The molecule has 0 aliphatic carbocycles. The zero-order valence-corrected chi connectivity index (χ0v) is 9.12. The van der Waals surface area contributed by atoms with Crippen molar-refractivity contribution in [3.05, 3.63) is 29.3 Å². The predicted octanol–water partition coefficient (Wildman–Crippen LogP) is 1.71. The van der Waals surface area contributed by atoms with Crippen LogP contribution in [-0.4, -0.2) is 31.0 Å². The van der Waals surface area contributed by atoms with Crippen molar-refractivity contribution in [2.75, 3.05) is 20.2 Å². The zero-order chi connectivity index (χ0) is 10.8. The third-order valence-corrected chi connectivity index (χ3v) is 2.68. The van der Waals surface area contributed by atoms with Gasteiger partial charge in [0.15, 0.2) is 0 Å². The predicted molar refractivity (Wildman–Crippen MR) is 58.3 cm³/mol. The van der Waals surface area contributed by atoms with Crippen LogP contribution < -0.4 is 4.74 Å². The summed E-state index contributed by atoms with van der Waals surface area (Å²) in [6.45, 7) is 3.41. The highest BCUT2D eigenvalue weighted by atomic mass is 16.5. The number of hydrogen-bond donors (Lipinski definition) is 0. The molecule has 0 spiro atoms. The van der Waals surface area contributed by atoms with E-state index in [0.29, 0.717) is 6.61 Å². The Morgan fingerprint density at radius 1 is 1.47 bits per heavy atom. The molecule has 1 amide bonds. The lowest BCUT2D eigenvalue weighted by molar-refractivity contribution is 0.0781. The van der Waals surface area contributed by atoms with E-state index < -0.39 is 0 Å². The van der Waals surface area contributed by atoms with E-state index >= 15 is 0 Å². The minimum Gasteiger partial charge on any atom is -0.494 e. The molecule has 0 bridgehead atoms. The standard InChI is InChI=1S/C12H15NO2/c1-3-15-10-4-5-11-9(8-10)6-7-13(2)12(11)14/h4-5,8H,3,6-7H2,1-2H3. The minimum atomic E-state index is 0.110. The lowest BCUT2D eigenvalue weighted by Crippen LogP contribution is -2.34. The summed E-state index contributed by atoms with van der Waals surface area (Å²) in [6.07, 6.45) is 0.915. The first kappa shape index (κ1) is 10.0. The van der Waals surface area contributed by atoms with E-state index in [-0.39, 0.29) is 5.91 Å². The number of nitrogens with zero attached hydrogens (tertiary/aromatic N) is 1. The Balaban J connectivity index is 2.34. The second-order valence-corrected chi connectivity index (χ2v) is 3.73. The van der Waals surface area contributed by atoms with Crippen LogP contribution in [0.5, 0.6) is 5.75 Å². The van der Waals surface area contributed by atoms with Crippen LogP contribution in [0.3, 0.4) is 0 Å². The first-order chi connectivity index (χ1) is 7.22. The molecule has 1 heterocycles. The summed E-state index contributed by atoms with van der Waals surface area (Å²) >= 11 is 0. The quantitative estimate of drug-likeness (QED) is 0.735. The third kappa shape index (κ3) is 1.82. The van der Waals surface area contributed by atoms with Crippen LogP contribution in [0.2, 0.25) is 0 Å². The molecule has 3 heteroatoms.